The highest BCUT2D eigenvalue weighted by molar-refractivity contribution is 7.07. The van der Waals surface area contributed by atoms with Crippen molar-refractivity contribution in [3.8, 4) is 0 Å². The number of esters is 1. The minimum atomic E-state index is -0.460. The van der Waals surface area contributed by atoms with Crippen LogP contribution in [0.5, 0.6) is 0 Å². The van der Waals surface area contributed by atoms with E-state index in [-0.39, 0.29) is 18.0 Å². The molecule has 0 saturated heterocycles. The third-order valence-electron chi connectivity index (χ3n) is 2.45. The van der Waals surface area contributed by atoms with Gasteiger partial charge in [0.05, 0.1) is 0 Å². The molecule has 100 valence electrons. The van der Waals surface area contributed by atoms with E-state index in [1.54, 1.807) is 24.4 Å². The van der Waals surface area contributed by atoms with Gasteiger partial charge < -0.3 is 4.74 Å². The van der Waals surface area contributed by atoms with Crippen molar-refractivity contribution in [2.45, 2.75) is 20.1 Å². The summed E-state index contributed by atoms with van der Waals surface area (Å²) in [5, 5.41) is 2.09. The Morgan fingerprint density at radius 3 is 2.89 bits per heavy atom. The van der Waals surface area contributed by atoms with Crippen molar-refractivity contribution in [1.29, 1.82) is 0 Å². The molecule has 2 heterocycles. The molecule has 0 aromatic carbocycles. The standard InChI is InChI=1S/C12H11ClN2O3S/c1-8-7-19-12(17)15(8)5-11(16)18-6-9-2-3-10(13)14-4-9/h2-4,7H,5-6H2,1H3. The molecular formula is C12H11ClN2O3S. The minimum Gasteiger partial charge on any atom is -0.459 e. The number of hydrogen-bond donors (Lipinski definition) is 0. The Bertz CT molecular complexity index is 633. The third-order valence-corrected chi connectivity index (χ3v) is 3.56. The van der Waals surface area contributed by atoms with E-state index < -0.39 is 5.97 Å². The zero-order valence-electron chi connectivity index (χ0n) is 10.1. The van der Waals surface area contributed by atoms with Crippen LogP contribution in [0.25, 0.3) is 0 Å². The fourth-order valence-electron chi connectivity index (χ4n) is 1.43. The number of aromatic nitrogens is 2. The maximum Gasteiger partial charge on any atom is 0.326 e. The molecule has 0 fully saturated rings. The average Bonchev–Trinajstić information content (AvgIpc) is 2.70. The second-order valence-electron chi connectivity index (χ2n) is 3.88. The maximum absolute atomic E-state index is 11.6. The van der Waals surface area contributed by atoms with Gasteiger partial charge in [-0.3, -0.25) is 14.2 Å². The summed E-state index contributed by atoms with van der Waals surface area (Å²) in [5.41, 5.74) is 1.49. The van der Waals surface area contributed by atoms with Crippen molar-refractivity contribution in [1.82, 2.24) is 9.55 Å². The first-order chi connectivity index (χ1) is 9.06. The van der Waals surface area contributed by atoms with Crippen molar-refractivity contribution in [3.05, 3.63) is 49.8 Å². The zero-order valence-corrected chi connectivity index (χ0v) is 11.7. The van der Waals surface area contributed by atoms with Crippen LogP contribution in [0.2, 0.25) is 5.15 Å². The topological polar surface area (TPSA) is 61.2 Å². The van der Waals surface area contributed by atoms with Crippen molar-refractivity contribution in [2.75, 3.05) is 0 Å². The Morgan fingerprint density at radius 1 is 1.53 bits per heavy atom. The molecule has 2 aromatic heterocycles. The monoisotopic (exact) mass is 298 g/mol. The highest BCUT2D eigenvalue weighted by Gasteiger charge is 2.09. The summed E-state index contributed by atoms with van der Waals surface area (Å²) < 4.78 is 6.46. The van der Waals surface area contributed by atoms with Gasteiger partial charge >= 0.3 is 10.8 Å². The van der Waals surface area contributed by atoms with E-state index in [9.17, 15) is 9.59 Å². The predicted octanol–water partition coefficient (Wildman–Crippen LogP) is 2.01. The SMILES string of the molecule is Cc1csc(=O)n1CC(=O)OCc1ccc(Cl)nc1. The van der Waals surface area contributed by atoms with Crippen LogP contribution in [-0.2, 0) is 22.7 Å². The van der Waals surface area contributed by atoms with Crippen LogP contribution in [0, 0.1) is 6.92 Å². The maximum atomic E-state index is 11.6. The van der Waals surface area contributed by atoms with Crippen LogP contribution in [0.3, 0.4) is 0 Å². The lowest BCUT2D eigenvalue weighted by molar-refractivity contribution is -0.145. The van der Waals surface area contributed by atoms with Gasteiger partial charge in [-0.2, -0.15) is 0 Å². The third kappa shape index (κ3) is 3.65. The van der Waals surface area contributed by atoms with E-state index in [0.717, 1.165) is 22.6 Å². The first-order valence-electron chi connectivity index (χ1n) is 5.47. The summed E-state index contributed by atoms with van der Waals surface area (Å²) in [5.74, 6) is -0.460. The molecule has 5 nitrogen and oxygen atoms in total. The van der Waals surface area contributed by atoms with E-state index in [4.69, 9.17) is 16.3 Å². The molecule has 0 aliphatic heterocycles. The number of carbonyl (C=O) groups excluding carboxylic acids is 1. The summed E-state index contributed by atoms with van der Waals surface area (Å²) >= 11 is 6.71. The molecule has 0 atom stereocenters. The Kier molecular flexibility index (Phi) is 4.34. The molecule has 0 radical (unpaired) electrons. The van der Waals surface area contributed by atoms with Gasteiger partial charge in [-0.1, -0.05) is 29.0 Å². The molecule has 0 N–H and O–H groups in total. The molecular weight excluding hydrogens is 288 g/mol. The molecule has 0 spiro atoms. The van der Waals surface area contributed by atoms with Crippen LogP contribution in [0.4, 0.5) is 0 Å². The molecule has 0 aliphatic rings. The van der Waals surface area contributed by atoms with Gasteiger partial charge in [-0.25, -0.2) is 4.98 Å². The second-order valence-corrected chi connectivity index (χ2v) is 5.09. The van der Waals surface area contributed by atoms with Gasteiger partial charge in [0.2, 0.25) is 0 Å². The van der Waals surface area contributed by atoms with Gasteiger partial charge in [-0.05, 0) is 13.0 Å². The normalized spacial score (nSPS) is 10.4. The number of pyridine rings is 1. The molecule has 0 saturated carbocycles. The highest BCUT2D eigenvalue weighted by Crippen LogP contribution is 2.07. The number of aryl methyl sites for hydroxylation is 1. The van der Waals surface area contributed by atoms with Crippen LogP contribution in [0.15, 0.2) is 28.5 Å². The van der Waals surface area contributed by atoms with Crippen LogP contribution < -0.4 is 4.87 Å². The number of hydrogen-bond acceptors (Lipinski definition) is 5. The Morgan fingerprint density at radius 2 is 2.32 bits per heavy atom. The van der Waals surface area contributed by atoms with Crippen molar-refractivity contribution in [3.63, 3.8) is 0 Å². The number of nitrogens with zero attached hydrogens (tertiary/aromatic N) is 2. The summed E-state index contributed by atoms with van der Waals surface area (Å²) in [4.78, 5) is 26.8. The largest absolute Gasteiger partial charge is 0.459 e. The summed E-state index contributed by atoms with van der Waals surface area (Å²) in [6.07, 6.45) is 1.54. The molecule has 0 aliphatic carbocycles. The summed E-state index contributed by atoms with van der Waals surface area (Å²) in [7, 11) is 0. The van der Waals surface area contributed by atoms with Crippen molar-refractivity contribution >= 4 is 28.9 Å². The van der Waals surface area contributed by atoms with Gasteiger partial charge in [0, 0.05) is 22.8 Å². The molecule has 2 aromatic rings. The van der Waals surface area contributed by atoms with E-state index in [2.05, 4.69) is 4.98 Å². The van der Waals surface area contributed by atoms with Gasteiger partial charge in [0.15, 0.2) is 0 Å². The molecule has 2 rings (SSSR count). The number of rotatable bonds is 4. The average molecular weight is 299 g/mol. The summed E-state index contributed by atoms with van der Waals surface area (Å²) in [6.45, 7) is 1.81. The van der Waals surface area contributed by atoms with E-state index in [0.29, 0.717) is 5.15 Å². The van der Waals surface area contributed by atoms with E-state index >= 15 is 0 Å². The predicted molar refractivity (Wildman–Crippen MR) is 72.4 cm³/mol. The zero-order chi connectivity index (χ0) is 13.8. The summed E-state index contributed by atoms with van der Waals surface area (Å²) in [6, 6.07) is 3.35. The Balaban J connectivity index is 1.92. The Hall–Kier alpha value is -1.66. The second kappa shape index (κ2) is 5.99. The smallest absolute Gasteiger partial charge is 0.326 e. The van der Waals surface area contributed by atoms with Crippen molar-refractivity contribution in [2.24, 2.45) is 0 Å². The number of halogens is 1. The quantitative estimate of drug-likeness (QED) is 0.640. The lowest BCUT2D eigenvalue weighted by Gasteiger charge is -2.06. The fourth-order valence-corrected chi connectivity index (χ4v) is 2.27. The van der Waals surface area contributed by atoms with Crippen molar-refractivity contribution < 1.29 is 9.53 Å². The molecule has 0 bridgehead atoms. The minimum absolute atomic E-state index is 0.0742. The lowest BCUT2D eigenvalue weighted by atomic mass is 10.3. The molecule has 7 heteroatoms. The van der Waals surface area contributed by atoms with Gasteiger partial charge in [0.25, 0.3) is 0 Å². The molecule has 19 heavy (non-hydrogen) atoms. The van der Waals surface area contributed by atoms with E-state index in [1.807, 2.05) is 0 Å². The first kappa shape index (κ1) is 13.8. The first-order valence-corrected chi connectivity index (χ1v) is 6.73. The van der Waals surface area contributed by atoms with Gasteiger partial charge in [0.1, 0.15) is 18.3 Å². The number of carbonyl (C=O) groups is 1. The lowest BCUT2D eigenvalue weighted by Crippen LogP contribution is -2.22. The van der Waals surface area contributed by atoms with Crippen LogP contribution >= 0.6 is 22.9 Å². The molecule has 0 unspecified atom stereocenters. The highest BCUT2D eigenvalue weighted by atomic mass is 35.5. The number of ether oxygens (including phenoxy) is 1. The number of thiazole rings is 1. The van der Waals surface area contributed by atoms with Gasteiger partial charge in [-0.15, -0.1) is 0 Å². The molecule has 0 amide bonds. The van der Waals surface area contributed by atoms with Crippen LogP contribution in [0.1, 0.15) is 11.3 Å². The fraction of sp³-hybridized carbons (Fsp3) is 0.250. The van der Waals surface area contributed by atoms with E-state index in [1.165, 1.54) is 10.8 Å². The Labute approximate surface area is 118 Å². The van der Waals surface area contributed by atoms with Crippen LogP contribution in [-0.4, -0.2) is 15.5 Å².